The third kappa shape index (κ3) is 6.56. The molecule has 0 unspecified atom stereocenters. The van der Waals surface area contributed by atoms with Crippen LogP contribution in [-0.4, -0.2) is 35.4 Å². The molecule has 96 valence electrons. The van der Waals surface area contributed by atoms with Gasteiger partial charge in [-0.3, -0.25) is 4.79 Å². The molecule has 0 amide bonds. The highest BCUT2D eigenvalue weighted by Crippen LogP contribution is 2.03. The molecule has 0 aromatic heterocycles. The number of carboxylic acids is 1. The van der Waals surface area contributed by atoms with Crippen molar-refractivity contribution in [3.05, 3.63) is 24.4 Å². The maximum atomic E-state index is 10.8. The van der Waals surface area contributed by atoms with Gasteiger partial charge < -0.3 is 10.0 Å². The summed E-state index contributed by atoms with van der Waals surface area (Å²) < 4.78 is 0. The van der Waals surface area contributed by atoms with Gasteiger partial charge in [0.25, 0.3) is 0 Å². The summed E-state index contributed by atoms with van der Waals surface area (Å²) in [4.78, 5) is 17.0. The van der Waals surface area contributed by atoms with Crippen molar-refractivity contribution in [2.75, 3.05) is 13.1 Å². The van der Waals surface area contributed by atoms with Crippen molar-refractivity contribution >= 4 is 12.3 Å². The molecule has 0 aliphatic heterocycles. The van der Waals surface area contributed by atoms with Crippen LogP contribution in [0.2, 0.25) is 0 Å². The topological polar surface area (TPSA) is 52.9 Å². The maximum Gasteiger partial charge on any atom is 0.308 e. The standard InChI is InChI=1S/C13H22N2O2/c1-5-8-12(6-2)14-10-15(7-3)9-11(4)13(16)17/h5,8,10-11H,1,6-7,9H2,2-4H3,(H,16,17)/b12-8+,14-10?/t11-/m1/s1. The largest absolute Gasteiger partial charge is 0.481 e. The minimum Gasteiger partial charge on any atom is -0.481 e. The summed E-state index contributed by atoms with van der Waals surface area (Å²) in [6, 6.07) is 0. The number of aliphatic carboxylic acids is 1. The highest BCUT2D eigenvalue weighted by atomic mass is 16.4. The second kappa shape index (κ2) is 8.56. The molecule has 1 atom stereocenters. The molecular weight excluding hydrogens is 216 g/mol. The van der Waals surface area contributed by atoms with Crippen LogP contribution in [0.4, 0.5) is 0 Å². The zero-order valence-corrected chi connectivity index (χ0v) is 10.9. The number of carbonyl (C=O) groups is 1. The molecule has 0 spiro atoms. The molecule has 0 aliphatic rings. The summed E-state index contributed by atoms with van der Waals surface area (Å²) in [7, 11) is 0. The Morgan fingerprint density at radius 1 is 1.53 bits per heavy atom. The van der Waals surface area contributed by atoms with Gasteiger partial charge in [0.15, 0.2) is 0 Å². The van der Waals surface area contributed by atoms with Gasteiger partial charge in [-0.15, -0.1) is 0 Å². The molecule has 0 heterocycles. The van der Waals surface area contributed by atoms with Gasteiger partial charge in [0.05, 0.1) is 12.3 Å². The highest BCUT2D eigenvalue weighted by Gasteiger charge is 2.13. The molecule has 0 aromatic carbocycles. The molecule has 0 saturated heterocycles. The van der Waals surface area contributed by atoms with E-state index < -0.39 is 11.9 Å². The van der Waals surface area contributed by atoms with Crippen LogP contribution < -0.4 is 0 Å². The molecule has 0 saturated carbocycles. The number of nitrogens with zero attached hydrogens (tertiary/aromatic N) is 2. The van der Waals surface area contributed by atoms with Crippen molar-refractivity contribution in [3.63, 3.8) is 0 Å². The molecular formula is C13H22N2O2. The minimum absolute atomic E-state index is 0.394. The first kappa shape index (κ1) is 15.4. The summed E-state index contributed by atoms with van der Waals surface area (Å²) >= 11 is 0. The number of aliphatic imine (C=N–C) groups is 1. The van der Waals surface area contributed by atoms with Crippen LogP contribution in [0.15, 0.2) is 29.4 Å². The molecule has 0 rings (SSSR count). The monoisotopic (exact) mass is 238 g/mol. The van der Waals surface area contributed by atoms with Crippen LogP contribution in [0.5, 0.6) is 0 Å². The SMILES string of the molecule is C=C/C=C(\CC)N=CN(CC)C[C@@H](C)C(=O)O. The lowest BCUT2D eigenvalue weighted by Crippen LogP contribution is -2.30. The Morgan fingerprint density at radius 2 is 2.18 bits per heavy atom. The summed E-state index contributed by atoms with van der Waals surface area (Å²) in [5.41, 5.74) is 0.932. The second-order valence-electron chi connectivity index (χ2n) is 3.82. The van der Waals surface area contributed by atoms with Crippen LogP contribution in [0.3, 0.4) is 0 Å². The predicted molar refractivity (Wildman–Crippen MR) is 71.1 cm³/mol. The third-order valence-corrected chi connectivity index (χ3v) is 2.40. The van der Waals surface area contributed by atoms with E-state index >= 15 is 0 Å². The van der Waals surface area contributed by atoms with Crippen molar-refractivity contribution in [2.45, 2.75) is 27.2 Å². The van der Waals surface area contributed by atoms with Gasteiger partial charge in [-0.25, -0.2) is 4.99 Å². The maximum absolute atomic E-state index is 10.8. The summed E-state index contributed by atoms with van der Waals surface area (Å²) in [6.07, 6.45) is 6.09. The first-order chi connectivity index (χ1) is 8.04. The molecule has 0 fully saturated rings. The Balaban J connectivity index is 4.48. The molecule has 4 nitrogen and oxygen atoms in total. The van der Waals surface area contributed by atoms with Crippen LogP contribution in [0.25, 0.3) is 0 Å². The van der Waals surface area contributed by atoms with Gasteiger partial charge in [0.1, 0.15) is 0 Å². The highest BCUT2D eigenvalue weighted by molar-refractivity contribution is 5.70. The first-order valence-corrected chi connectivity index (χ1v) is 5.87. The van der Waals surface area contributed by atoms with Gasteiger partial charge in [-0.1, -0.05) is 26.5 Å². The van der Waals surface area contributed by atoms with E-state index in [1.807, 2.05) is 24.8 Å². The van der Waals surface area contributed by atoms with E-state index in [1.165, 1.54) is 0 Å². The van der Waals surface area contributed by atoms with E-state index in [0.717, 1.165) is 18.7 Å². The van der Waals surface area contributed by atoms with E-state index in [2.05, 4.69) is 11.6 Å². The van der Waals surface area contributed by atoms with Gasteiger partial charge in [-0.05, 0) is 19.4 Å². The first-order valence-electron chi connectivity index (χ1n) is 5.87. The Morgan fingerprint density at radius 3 is 2.59 bits per heavy atom. The van der Waals surface area contributed by atoms with Gasteiger partial charge in [-0.2, -0.15) is 0 Å². The lowest BCUT2D eigenvalue weighted by Gasteiger charge is -2.19. The summed E-state index contributed by atoms with van der Waals surface area (Å²) in [5.74, 6) is -1.18. The molecule has 0 bridgehead atoms. The number of carboxylic acid groups (broad SMARTS) is 1. The van der Waals surface area contributed by atoms with Gasteiger partial charge in [0, 0.05) is 18.8 Å². The van der Waals surface area contributed by atoms with Crippen molar-refractivity contribution in [2.24, 2.45) is 10.9 Å². The van der Waals surface area contributed by atoms with Gasteiger partial charge in [0.2, 0.25) is 0 Å². The zero-order chi connectivity index (χ0) is 13.3. The fraction of sp³-hybridized carbons (Fsp3) is 0.538. The predicted octanol–water partition coefficient (Wildman–Crippen LogP) is 2.54. The molecule has 0 radical (unpaired) electrons. The lowest BCUT2D eigenvalue weighted by molar-refractivity contribution is -0.141. The van der Waals surface area contributed by atoms with E-state index in [1.54, 1.807) is 19.3 Å². The smallest absolute Gasteiger partial charge is 0.308 e. The second-order valence-corrected chi connectivity index (χ2v) is 3.82. The van der Waals surface area contributed by atoms with Crippen molar-refractivity contribution < 1.29 is 9.90 Å². The van der Waals surface area contributed by atoms with E-state index in [-0.39, 0.29) is 0 Å². The van der Waals surface area contributed by atoms with E-state index in [0.29, 0.717) is 6.54 Å². The summed E-state index contributed by atoms with van der Waals surface area (Å²) in [5, 5.41) is 8.84. The number of rotatable bonds is 8. The van der Waals surface area contributed by atoms with Crippen LogP contribution in [0.1, 0.15) is 27.2 Å². The van der Waals surface area contributed by atoms with Gasteiger partial charge >= 0.3 is 5.97 Å². The van der Waals surface area contributed by atoms with E-state index in [4.69, 9.17) is 5.11 Å². The average molecular weight is 238 g/mol. The Hall–Kier alpha value is -1.58. The number of hydrogen-bond donors (Lipinski definition) is 1. The lowest BCUT2D eigenvalue weighted by atomic mass is 10.2. The Bertz CT molecular complexity index is 309. The van der Waals surface area contributed by atoms with Crippen molar-refractivity contribution in [1.82, 2.24) is 4.90 Å². The molecule has 17 heavy (non-hydrogen) atoms. The molecule has 4 heteroatoms. The van der Waals surface area contributed by atoms with Crippen LogP contribution in [0, 0.1) is 5.92 Å². The summed E-state index contributed by atoms with van der Waals surface area (Å²) in [6.45, 7) is 10.5. The normalized spacial score (nSPS) is 13.7. The quantitative estimate of drug-likeness (QED) is 0.401. The van der Waals surface area contributed by atoms with Crippen LogP contribution in [-0.2, 0) is 4.79 Å². The third-order valence-electron chi connectivity index (χ3n) is 2.40. The van der Waals surface area contributed by atoms with Crippen molar-refractivity contribution in [1.29, 1.82) is 0 Å². The van der Waals surface area contributed by atoms with E-state index in [9.17, 15) is 4.79 Å². The van der Waals surface area contributed by atoms with Crippen LogP contribution >= 0.6 is 0 Å². The zero-order valence-electron chi connectivity index (χ0n) is 10.9. The minimum atomic E-state index is -0.783. The number of hydrogen-bond acceptors (Lipinski definition) is 2. The fourth-order valence-corrected chi connectivity index (χ4v) is 1.23. The number of allylic oxidation sites excluding steroid dienone is 3. The van der Waals surface area contributed by atoms with Crippen molar-refractivity contribution in [3.8, 4) is 0 Å². The molecule has 0 aromatic rings. The fourth-order valence-electron chi connectivity index (χ4n) is 1.23. The Kier molecular flexibility index (Phi) is 7.76. The molecule has 0 aliphatic carbocycles. The average Bonchev–Trinajstić information content (AvgIpc) is 2.31. The Labute approximate surface area is 103 Å². The molecule has 1 N–H and O–H groups in total.